The first kappa shape index (κ1) is 30.7. The van der Waals surface area contributed by atoms with Gasteiger partial charge in [-0.1, -0.05) is 31.2 Å². The quantitative estimate of drug-likeness (QED) is 0.282. The summed E-state index contributed by atoms with van der Waals surface area (Å²) in [6.07, 6.45) is 0.468. The van der Waals surface area contributed by atoms with Crippen molar-refractivity contribution in [1.82, 2.24) is 20.2 Å². The molecule has 2 atom stereocenters. The Hall–Kier alpha value is -3.83. The number of hydrogen-bond acceptors (Lipinski definition) is 6. The summed E-state index contributed by atoms with van der Waals surface area (Å²) in [5.74, 6) is -2.10. The number of amides is 2. The number of carbonyl (C=O) groups excluding carboxylic acids is 2. The molecule has 0 fully saturated rings. The lowest BCUT2D eigenvalue weighted by Crippen LogP contribution is -2.49. The highest BCUT2D eigenvalue weighted by atomic mass is 19.1. The SMILES string of the molecule is CCc1cccc(CNC[C@@H](O)[C@H](Cc2cc(F)cc(F)c2)NC(=O)c2nc(NC(=O)OC(C)(C)C)cn2C)c1. The Morgan fingerprint density at radius 2 is 1.75 bits per heavy atom. The van der Waals surface area contributed by atoms with Crippen molar-refractivity contribution >= 4 is 17.8 Å². The van der Waals surface area contributed by atoms with Crippen molar-refractivity contribution in [2.75, 3.05) is 11.9 Å². The molecule has 40 heavy (non-hydrogen) atoms. The highest BCUT2D eigenvalue weighted by Crippen LogP contribution is 2.15. The maximum atomic E-state index is 13.9. The molecule has 3 aromatic rings. The Balaban J connectivity index is 1.73. The third-order valence-electron chi connectivity index (χ3n) is 5.95. The van der Waals surface area contributed by atoms with Crippen molar-refractivity contribution in [3.63, 3.8) is 0 Å². The number of aliphatic hydroxyl groups is 1. The zero-order chi connectivity index (χ0) is 29.4. The van der Waals surface area contributed by atoms with Crippen LogP contribution in [0.25, 0.3) is 0 Å². The lowest BCUT2D eigenvalue weighted by Gasteiger charge is -2.25. The number of hydrogen-bond donors (Lipinski definition) is 4. The fraction of sp³-hybridized carbons (Fsp3) is 0.414. The summed E-state index contributed by atoms with van der Waals surface area (Å²) in [6, 6.07) is 10.2. The first-order valence-electron chi connectivity index (χ1n) is 13.1. The molecular weight excluding hydrogens is 520 g/mol. The Kier molecular flexibility index (Phi) is 10.4. The minimum atomic E-state index is -1.11. The van der Waals surface area contributed by atoms with E-state index < -0.39 is 41.4 Å². The number of nitrogens with zero attached hydrogens (tertiary/aromatic N) is 2. The molecule has 9 nitrogen and oxygen atoms in total. The topological polar surface area (TPSA) is 118 Å². The summed E-state index contributed by atoms with van der Waals surface area (Å²) in [5.41, 5.74) is 1.78. The van der Waals surface area contributed by atoms with E-state index in [1.165, 1.54) is 16.3 Å². The van der Waals surface area contributed by atoms with Gasteiger partial charge < -0.3 is 25.0 Å². The van der Waals surface area contributed by atoms with Crippen LogP contribution in [-0.2, 0) is 31.2 Å². The van der Waals surface area contributed by atoms with Gasteiger partial charge in [-0.2, -0.15) is 0 Å². The molecule has 1 aromatic heterocycles. The summed E-state index contributed by atoms with van der Waals surface area (Å²) < 4.78 is 34.3. The standard InChI is InChI=1S/C29H37F2N5O4/c1-6-18-8-7-9-19(10-18)15-32-16-24(37)23(13-20-11-21(30)14-22(31)12-20)33-27(38)26-34-25(17-36(26)5)35-28(39)40-29(2,3)4/h7-12,14,17,23-24,32,37H,6,13,15-16H2,1-5H3,(H,33,38)(H,35,39)/t23-,24+/m0/s1. The maximum absolute atomic E-state index is 13.9. The largest absolute Gasteiger partial charge is 0.444 e. The number of aromatic nitrogens is 2. The number of nitrogens with one attached hydrogen (secondary N) is 3. The second-order valence-electron chi connectivity index (χ2n) is 10.6. The van der Waals surface area contributed by atoms with E-state index in [4.69, 9.17) is 4.74 Å². The molecule has 0 aliphatic heterocycles. The molecule has 0 aliphatic rings. The van der Waals surface area contributed by atoms with Gasteiger partial charge in [-0.3, -0.25) is 10.1 Å². The van der Waals surface area contributed by atoms with E-state index in [-0.39, 0.29) is 30.2 Å². The van der Waals surface area contributed by atoms with Crippen molar-refractivity contribution in [2.24, 2.45) is 7.05 Å². The van der Waals surface area contributed by atoms with Gasteiger partial charge in [-0.05, 0) is 62.4 Å². The molecule has 0 unspecified atom stereocenters. The molecular formula is C29H37F2N5O4. The average molecular weight is 558 g/mol. The van der Waals surface area contributed by atoms with Crippen LogP contribution in [0.3, 0.4) is 0 Å². The number of benzene rings is 2. The van der Waals surface area contributed by atoms with Crippen LogP contribution in [-0.4, -0.2) is 50.9 Å². The van der Waals surface area contributed by atoms with Crippen LogP contribution in [0.15, 0.2) is 48.7 Å². The maximum Gasteiger partial charge on any atom is 0.413 e. The molecule has 0 saturated heterocycles. The molecule has 1 heterocycles. The van der Waals surface area contributed by atoms with Crippen LogP contribution in [0.2, 0.25) is 0 Å². The molecule has 0 radical (unpaired) electrons. The number of anilines is 1. The molecule has 3 rings (SSSR count). The fourth-order valence-corrected chi connectivity index (χ4v) is 4.11. The molecule has 0 spiro atoms. The molecule has 0 saturated carbocycles. The summed E-state index contributed by atoms with van der Waals surface area (Å²) >= 11 is 0. The third-order valence-corrected chi connectivity index (χ3v) is 5.95. The average Bonchev–Trinajstić information content (AvgIpc) is 3.21. The van der Waals surface area contributed by atoms with E-state index in [1.807, 2.05) is 18.2 Å². The summed E-state index contributed by atoms with van der Waals surface area (Å²) in [6.45, 7) is 7.81. The van der Waals surface area contributed by atoms with Crippen LogP contribution in [0.5, 0.6) is 0 Å². The number of aryl methyl sites for hydroxylation is 2. The van der Waals surface area contributed by atoms with Crippen LogP contribution in [0.1, 0.15) is 55.0 Å². The van der Waals surface area contributed by atoms with Gasteiger partial charge >= 0.3 is 6.09 Å². The number of aliphatic hydroxyl groups excluding tert-OH is 1. The van der Waals surface area contributed by atoms with Gasteiger partial charge in [0.25, 0.3) is 5.91 Å². The van der Waals surface area contributed by atoms with E-state index in [9.17, 15) is 23.5 Å². The van der Waals surface area contributed by atoms with Gasteiger partial charge in [0, 0.05) is 32.4 Å². The third kappa shape index (κ3) is 9.42. The van der Waals surface area contributed by atoms with Crippen molar-refractivity contribution in [3.05, 3.63) is 82.8 Å². The van der Waals surface area contributed by atoms with Gasteiger partial charge in [0.05, 0.1) is 12.1 Å². The summed E-state index contributed by atoms with van der Waals surface area (Å²) in [5, 5.41) is 19.4. The van der Waals surface area contributed by atoms with Crippen LogP contribution < -0.4 is 16.0 Å². The van der Waals surface area contributed by atoms with Crippen molar-refractivity contribution in [1.29, 1.82) is 0 Å². The van der Waals surface area contributed by atoms with E-state index in [2.05, 4.69) is 33.9 Å². The minimum Gasteiger partial charge on any atom is -0.444 e. The Bertz CT molecular complexity index is 1300. The van der Waals surface area contributed by atoms with Crippen molar-refractivity contribution in [3.8, 4) is 0 Å². The van der Waals surface area contributed by atoms with E-state index >= 15 is 0 Å². The van der Waals surface area contributed by atoms with E-state index in [0.717, 1.165) is 30.2 Å². The van der Waals surface area contributed by atoms with Gasteiger partial charge in [0.1, 0.15) is 17.2 Å². The zero-order valence-electron chi connectivity index (χ0n) is 23.4. The summed E-state index contributed by atoms with van der Waals surface area (Å²) in [4.78, 5) is 29.4. The molecule has 0 aliphatic carbocycles. The second kappa shape index (κ2) is 13.5. The predicted octanol–water partition coefficient (Wildman–Crippen LogP) is 4.10. The van der Waals surface area contributed by atoms with E-state index in [0.29, 0.717) is 6.54 Å². The van der Waals surface area contributed by atoms with Crippen LogP contribution in [0, 0.1) is 11.6 Å². The van der Waals surface area contributed by atoms with Crippen molar-refractivity contribution in [2.45, 2.75) is 64.8 Å². The normalized spacial score (nSPS) is 13.0. The van der Waals surface area contributed by atoms with Crippen LogP contribution in [0.4, 0.5) is 19.4 Å². The van der Waals surface area contributed by atoms with E-state index in [1.54, 1.807) is 27.8 Å². The van der Waals surface area contributed by atoms with Gasteiger partial charge in [-0.25, -0.2) is 18.6 Å². The van der Waals surface area contributed by atoms with Crippen LogP contribution >= 0.6 is 0 Å². The number of imidazole rings is 1. The number of rotatable bonds is 11. The Morgan fingerprint density at radius 1 is 1.07 bits per heavy atom. The first-order chi connectivity index (χ1) is 18.8. The summed E-state index contributed by atoms with van der Waals surface area (Å²) in [7, 11) is 1.57. The fourth-order valence-electron chi connectivity index (χ4n) is 4.11. The molecule has 2 amide bonds. The lowest BCUT2D eigenvalue weighted by atomic mass is 10.0. The Morgan fingerprint density at radius 3 is 2.40 bits per heavy atom. The van der Waals surface area contributed by atoms with Gasteiger partial charge in [-0.15, -0.1) is 0 Å². The highest BCUT2D eigenvalue weighted by Gasteiger charge is 2.26. The smallest absolute Gasteiger partial charge is 0.413 e. The van der Waals surface area contributed by atoms with Gasteiger partial charge in [0.2, 0.25) is 5.82 Å². The van der Waals surface area contributed by atoms with Gasteiger partial charge in [0.15, 0.2) is 5.82 Å². The minimum absolute atomic E-state index is 0.0397. The number of halogens is 2. The highest BCUT2D eigenvalue weighted by molar-refractivity contribution is 5.92. The zero-order valence-corrected chi connectivity index (χ0v) is 23.4. The Labute approximate surface area is 233 Å². The monoisotopic (exact) mass is 557 g/mol. The first-order valence-corrected chi connectivity index (χ1v) is 13.1. The molecule has 2 aromatic carbocycles. The number of ether oxygens (including phenoxy) is 1. The van der Waals surface area contributed by atoms with Crippen molar-refractivity contribution < 1.29 is 28.2 Å². The lowest BCUT2D eigenvalue weighted by molar-refractivity contribution is 0.0634. The molecule has 0 bridgehead atoms. The predicted molar refractivity (Wildman–Crippen MR) is 148 cm³/mol. The molecule has 11 heteroatoms. The molecule has 216 valence electrons. The molecule has 4 N–H and O–H groups in total. The second-order valence-corrected chi connectivity index (χ2v) is 10.6. The number of carbonyl (C=O) groups is 2.